The molecule has 0 rings (SSSR count). The van der Waals surface area contributed by atoms with Gasteiger partial charge in [-0.25, -0.2) is 0 Å². The van der Waals surface area contributed by atoms with Crippen LogP contribution in [0.3, 0.4) is 0 Å². The van der Waals surface area contributed by atoms with Gasteiger partial charge in [0.15, 0.2) is 0 Å². The van der Waals surface area contributed by atoms with Gasteiger partial charge >= 0.3 is 0 Å². The molecule has 0 aromatic carbocycles. The van der Waals surface area contributed by atoms with Crippen LogP contribution in [0.25, 0.3) is 0 Å². The van der Waals surface area contributed by atoms with E-state index >= 15 is 0 Å². The Balaban J connectivity index is 3.03. The van der Waals surface area contributed by atoms with Crippen molar-refractivity contribution in [1.29, 1.82) is 0 Å². The molecule has 0 aliphatic rings. The van der Waals surface area contributed by atoms with Gasteiger partial charge in [-0.2, -0.15) is 0 Å². The first kappa shape index (κ1) is 6.69. The SMILES string of the molecule is CC(I)N=CCl. The molecule has 0 aromatic rings. The highest BCUT2D eigenvalue weighted by molar-refractivity contribution is 14.1. The summed E-state index contributed by atoms with van der Waals surface area (Å²) in [6.07, 6.45) is 0. The smallest absolute Gasteiger partial charge is 0.0993 e. The van der Waals surface area contributed by atoms with Gasteiger partial charge in [0.25, 0.3) is 0 Å². The Bertz CT molecular complexity index is 52.8. The van der Waals surface area contributed by atoms with Crippen molar-refractivity contribution in [3.05, 3.63) is 0 Å². The van der Waals surface area contributed by atoms with Crippen molar-refractivity contribution >= 4 is 39.9 Å². The summed E-state index contributed by atoms with van der Waals surface area (Å²) in [7, 11) is 0. The van der Waals surface area contributed by atoms with Crippen LogP contribution in [0.4, 0.5) is 0 Å². The molecule has 0 amide bonds. The number of hydrogen-bond acceptors (Lipinski definition) is 1. The minimum atomic E-state index is 0.306. The van der Waals surface area contributed by atoms with Crippen molar-refractivity contribution in [2.24, 2.45) is 4.99 Å². The molecule has 0 aromatic heterocycles. The summed E-state index contributed by atoms with van der Waals surface area (Å²) in [5.41, 5.74) is 1.29. The minimum Gasteiger partial charge on any atom is -0.267 e. The fraction of sp³-hybridized carbons (Fsp3) is 0.667. The fourth-order valence-electron chi connectivity index (χ4n) is 0.0776. The molecule has 0 saturated heterocycles. The third kappa shape index (κ3) is 4.69. The van der Waals surface area contributed by atoms with E-state index in [0.717, 1.165) is 0 Å². The number of halogens is 2. The lowest BCUT2D eigenvalue weighted by molar-refractivity contribution is 1.10. The third-order valence-corrected chi connectivity index (χ3v) is 0.696. The summed E-state index contributed by atoms with van der Waals surface area (Å²) < 4.78 is 0.306. The molecule has 3 heteroatoms. The molecule has 1 unspecified atom stereocenters. The first-order chi connectivity index (χ1) is 2.77. The molecular weight excluding hydrogens is 212 g/mol. The lowest BCUT2D eigenvalue weighted by atomic mass is 10.8. The molecule has 0 saturated carbocycles. The topological polar surface area (TPSA) is 12.4 Å². The monoisotopic (exact) mass is 217 g/mol. The second-order valence-corrected chi connectivity index (χ2v) is 2.82. The Morgan fingerprint density at radius 1 is 2.00 bits per heavy atom. The zero-order chi connectivity index (χ0) is 4.99. The van der Waals surface area contributed by atoms with Crippen molar-refractivity contribution in [3.63, 3.8) is 0 Å². The average Bonchev–Trinajstić information content (AvgIpc) is 1.35. The number of nitrogens with zero attached hydrogens (tertiary/aromatic N) is 1. The molecule has 1 nitrogen and oxygen atoms in total. The van der Waals surface area contributed by atoms with Crippen molar-refractivity contribution in [2.75, 3.05) is 0 Å². The van der Waals surface area contributed by atoms with Gasteiger partial charge in [0, 0.05) is 0 Å². The Morgan fingerprint density at radius 2 is 2.50 bits per heavy atom. The van der Waals surface area contributed by atoms with Crippen LogP contribution in [0.1, 0.15) is 6.92 Å². The van der Waals surface area contributed by atoms with Crippen LogP contribution in [0.2, 0.25) is 0 Å². The molecule has 0 fully saturated rings. The molecule has 36 valence electrons. The second kappa shape index (κ2) is 3.87. The lowest BCUT2D eigenvalue weighted by Gasteiger charge is -1.84. The van der Waals surface area contributed by atoms with Crippen LogP contribution in [0.15, 0.2) is 4.99 Å². The zero-order valence-electron chi connectivity index (χ0n) is 3.36. The quantitative estimate of drug-likeness (QED) is 0.276. The van der Waals surface area contributed by atoms with Gasteiger partial charge in [-0.3, -0.25) is 4.99 Å². The van der Waals surface area contributed by atoms with E-state index in [1.165, 1.54) is 5.67 Å². The van der Waals surface area contributed by atoms with E-state index in [9.17, 15) is 0 Å². The van der Waals surface area contributed by atoms with E-state index in [-0.39, 0.29) is 0 Å². The van der Waals surface area contributed by atoms with E-state index in [2.05, 4.69) is 27.6 Å². The second-order valence-electron chi connectivity index (χ2n) is 0.821. The summed E-state index contributed by atoms with van der Waals surface area (Å²) in [6, 6.07) is 0. The van der Waals surface area contributed by atoms with Gasteiger partial charge in [0.1, 0.15) is 0 Å². The molecule has 0 aliphatic carbocycles. The number of aliphatic imine (C=N–C) groups is 1. The highest BCUT2D eigenvalue weighted by Crippen LogP contribution is 1.97. The van der Waals surface area contributed by atoms with E-state index in [0.29, 0.717) is 4.05 Å². The number of hydrogen-bond donors (Lipinski definition) is 0. The molecule has 0 bridgehead atoms. The van der Waals surface area contributed by atoms with Gasteiger partial charge < -0.3 is 0 Å². The average molecular weight is 217 g/mol. The molecule has 6 heavy (non-hydrogen) atoms. The summed E-state index contributed by atoms with van der Waals surface area (Å²) in [6.45, 7) is 1.96. The summed E-state index contributed by atoms with van der Waals surface area (Å²) in [5.74, 6) is 0. The summed E-state index contributed by atoms with van der Waals surface area (Å²) in [4.78, 5) is 3.75. The van der Waals surface area contributed by atoms with E-state index in [4.69, 9.17) is 11.6 Å². The molecule has 0 heterocycles. The van der Waals surface area contributed by atoms with Crippen molar-refractivity contribution in [2.45, 2.75) is 11.0 Å². The number of rotatable bonds is 1. The first-order valence-corrected chi connectivity index (χ1v) is 3.21. The minimum absolute atomic E-state index is 0.306. The van der Waals surface area contributed by atoms with Crippen LogP contribution >= 0.6 is 34.2 Å². The summed E-state index contributed by atoms with van der Waals surface area (Å²) in [5, 5.41) is 0. The van der Waals surface area contributed by atoms with Crippen molar-refractivity contribution < 1.29 is 0 Å². The molecular formula is C3H5ClIN. The van der Waals surface area contributed by atoms with Gasteiger partial charge in [0.2, 0.25) is 0 Å². The molecule has 0 aliphatic heterocycles. The maximum Gasteiger partial charge on any atom is 0.0993 e. The molecule has 1 atom stereocenters. The van der Waals surface area contributed by atoms with Gasteiger partial charge in [-0.1, -0.05) is 34.2 Å². The maximum absolute atomic E-state index is 5.10. The standard InChI is InChI=1S/C3H5ClIN/c1-3(5)6-2-4/h2-3H,1H3. The van der Waals surface area contributed by atoms with Crippen LogP contribution in [-0.4, -0.2) is 9.72 Å². The predicted molar refractivity (Wildman–Crippen MR) is 37.8 cm³/mol. The highest BCUT2D eigenvalue weighted by Gasteiger charge is 1.80. The number of alkyl halides is 1. The van der Waals surface area contributed by atoms with Crippen molar-refractivity contribution in [3.8, 4) is 0 Å². The first-order valence-electron chi connectivity index (χ1n) is 1.53. The largest absolute Gasteiger partial charge is 0.267 e. The highest BCUT2D eigenvalue weighted by atomic mass is 127. The van der Waals surface area contributed by atoms with Crippen LogP contribution in [0.5, 0.6) is 0 Å². The van der Waals surface area contributed by atoms with Crippen LogP contribution < -0.4 is 0 Å². The van der Waals surface area contributed by atoms with Gasteiger partial charge in [0.05, 0.1) is 9.72 Å². The van der Waals surface area contributed by atoms with Crippen LogP contribution in [-0.2, 0) is 0 Å². The van der Waals surface area contributed by atoms with E-state index < -0.39 is 0 Å². The molecule has 0 N–H and O–H groups in total. The van der Waals surface area contributed by atoms with Gasteiger partial charge in [-0.05, 0) is 6.92 Å². The Kier molecular flexibility index (Phi) is 4.31. The van der Waals surface area contributed by atoms with Crippen LogP contribution in [0, 0.1) is 0 Å². The third-order valence-electron chi connectivity index (χ3n) is 0.262. The van der Waals surface area contributed by atoms with Crippen molar-refractivity contribution in [1.82, 2.24) is 0 Å². The van der Waals surface area contributed by atoms with Gasteiger partial charge in [-0.15, -0.1) is 0 Å². The molecule has 0 radical (unpaired) electrons. The normalized spacial score (nSPS) is 15.8. The maximum atomic E-state index is 5.10. The summed E-state index contributed by atoms with van der Waals surface area (Å²) >= 11 is 7.26. The Labute approximate surface area is 55.9 Å². The Morgan fingerprint density at radius 3 is 2.50 bits per heavy atom. The van der Waals surface area contributed by atoms with E-state index in [1.54, 1.807) is 0 Å². The predicted octanol–water partition coefficient (Wildman–Crippen LogP) is 2.03. The zero-order valence-corrected chi connectivity index (χ0v) is 6.27. The lowest BCUT2D eigenvalue weighted by Crippen LogP contribution is -1.77. The molecule has 0 spiro atoms. The fourth-order valence-corrected chi connectivity index (χ4v) is 0.598. The Hall–Kier alpha value is 0.690. The van der Waals surface area contributed by atoms with E-state index in [1.807, 2.05) is 6.92 Å².